The van der Waals surface area contributed by atoms with Crippen molar-refractivity contribution < 1.29 is 124 Å². The lowest BCUT2D eigenvalue weighted by molar-refractivity contribution is -0.152. The number of hydrogen-bond acceptors (Lipinski definition) is 34. The third-order valence-corrected chi connectivity index (χ3v) is 24.6. The molecule has 11 aromatic rings. The van der Waals surface area contributed by atoms with E-state index in [9.17, 15) is 57.5 Å². The SMILES string of the molecule is CSc1ccc([C@H](OC(C)=O)[C@H](COC(C)=O)NC(=O)c2ccccc2NC(=O)c2cc(NC(=O)c3cc(N)cc(C(=O)Nc4cc(C(=O)Nc5ccccc5C(=O)N[C@@H](COC(C)=O)[C@@H](OC(C)=O)c5ccc(SC)cc5)nc(C(=O)Nc5ccccc5C(=O)N[C@@H](COC(C)=O)[C@@H](OC(C)=O)c5ccc(SC)cc5)c4)n3)cc(C(=O)Nc3ccccc3C(=O)N[C@@H](COC(C)=O)[C@@H](OC(C)=O)c3ccc(SC)cc3)n2)cc1. The second-order valence-electron chi connectivity index (χ2n) is 32.6. The Hall–Kier alpha value is -17.1. The van der Waals surface area contributed by atoms with Crippen molar-refractivity contribution in [2.75, 3.05) is 89.1 Å². The van der Waals surface area contributed by atoms with Crippen molar-refractivity contribution in [2.45, 2.75) is 124 Å². The number of para-hydroxylation sites is 4. The summed E-state index contributed by atoms with van der Waals surface area (Å²) < 4.78 is 44.6. The van der Waals surface area contributed by atoms with E-state index in [1.807, 2.05) is 25.0 Å². The Morgan fingerprint density at radius 2 is 0.436 bits per heavy atom. The number of pyridine rings is 3. The molecular weight excluding hydrogens is 2000 g/mol. The van der Waals surface area contributed by atoms with Crippen LogP contribution in [-0.4, -0.2) is 197 Å². The lowest BCUT2D eigenvalue weighted by Gasteiger charge is -2.28. The van der Waals surface area contributed by atoms with Crippen molar-refractivity contribution in [1.82, 2.24) is 36.2 Å². The number of rotatable bonds is 44. The standard InChI is InChI=1S/C105H102N14O26S4/c1-55(120)138-51-88(92(142-59(5)124)63-29-37-70(146-9)38-30-63)116-96(128)74-21-13-17-25-78(74)112-102(134)84-47-68(48-85(110-84)103(135)113-79-26-18-14-22-75(79)97(129)117-89(52-139-56(2)121)93(143-60(6)125)64-31-39-71(147-10)40-32-64)107-100(132)82-45-67(106)46-83(109-82)101(133)108-69-49-86(104(136)114-80-27-19-15-23-76(80)98(130)118-90(53-140-57(3)122)94(144-61(7)126)65-33-41-72(148-11)42-34-65)111-87(50-69)105(137)115-81-28-20-16-24-77(81)99(131)119-91(54-141-58(4)123)95(145-62(8)127)66-35-43-73(149-12)44-36-66/h13-50,88-95H,51-54H2,1-12H3,(H2,106,109)(H,112,134)(H,113,135)(H,114,136)(H,115,137)(H,116,128)(H,117,129)(H,118,130)(H,119,131)(H,107,110,132)(H,108,111,133)/t88-,89-,90-,91-,92-,93-,94-,95-/m0/s1. The van der Waals surface area contributed by atoms with Crippen LogP contribution in [0.25, 0.3) is 0 Å². The van der Waals surface area contributed by atoms with Crippen LogP contribution in [-0.2, 0) is 76.3 Å². The van der Waals surface area contributed by atoms with Gasteiger partial charge in [0, 0.05) is 92.0 Å². The maximum atomic E-state index is 15.1. The maximum absolute atomic E-state index is 15.1. The highest BCUT2D eigenvalue weighted by atomic mass is 32.2. The Bertz CT molecular complexity index is 6140. The van der Waals surface area contributed by atoms with Gasteiger partial charge in [0.1, 0.15) is 84.8 Å². The molecule has 0 radical (unpaired) electrons. The van der Waals surface area contributed by atoms with E-state index in [0.717, 1.165) is 111 Å². The number of nitrogens with one attached hydrogen (secondary N) is 10. The summed E-state index contributed by atoms with van der Waals surface area (Å²) in [5.74, 6) is -16.7. The van der Waals surface area contributed by atoms with Gasteiger partial charge >= 0.3 is 47.8 Å². The van der Waals surface area contributed by atoms with E-state index in [-0.39, 0.29) is 50.7 Å². The van der Waals surface area contributed by atoms with Gasteiger partial charge in [0.25, 0.3) is 59.1 Å². The van der Waals surface area contributed by atoms with Gasteiger partial charge in [-0.2, -0.15) is 0 Å². The van der Waals surface area contributed by atoms with Crippen molar-refractivity contribution in [3.05, 3.63) is 309 Å². The molecule has 12 N–H and O–H groups in total. The summed E-state index contributed by atoms with van der Waals surface area (Å²) in [6, 6.07) is 50.3. The molecule has 0 fully saturated rings. The smallest absolute Gasteiger partial charge is 0.303 e. The molecular formula is C105H102N14O26S4. The highest BCUT2D eigenvalue weighted by Crippen LogP contribution is 2.35. The van der Waals surface area contributed by atoms with E-state index >= 15 is 28.8 Å². The first-order valence-electron chi connectivity index (χ1n) is 45.3. The number of anilines is 7. The highest BCUT2D eigenvalue weighted by Gasteiger charge is 2.37. The molecule has 8 atom stereocenters. The molecule has 0 spiro atoms. The first-order valence-corrected chi connectivity index (χ1v) is 50.2. The molecule has 8 aromatic carbocycles. The number of esters is 8. The minimum atomic E-state index is -1.28. The predicted octanol–water partition coefficient (Wildman–Crippen LogP) is 13.7. The normalized spacial score (nSPS) is 12.4. The van der Waals surface area contributed by atoms with E-state index < -0.39 is 227 Å². The van der Waals surface area contributed by atoms with Crippen LogP contribution >= 0.6 is 47.0 Å². The Balaban J connectivity index is 0.949. The van der Waals surface area contributed by atoms with Crippen molar-refractivity contribution in [1.29, 1.82) is 0 Å². The van der Waals surface area contributed by atoms with E-state index in [2.05, 4.69) is 68.1 Å². The molecule has 11 rings (SSSR count). The van der Waals surface area contributed by atoms with Gasteiger partial charge < -0.3 is 96.8 Å². The molecule has 3 aromatic heterocycles. The van der Waals surface area contributed by atoms with Crippen LogP contribution in [0.3, 0.4) is 0 Å². The topological polar surface area (TPSA) is 566 Å². The van der Waals surface area contributed by atoms with E-state index in [4.69, 9.17) is 43.6 Å². The van der Waals surface area contributed by atoms with Gasteiger partial charge in [-0.25, -0.2) is 15.0 Å². The summed E-state index contributed by atoms with van der Waals surface area (Å²) in [5, 5.41) is 26.6. The molecule has 149 heavy (non-hydrogen) atoms. The molecule has 0 saturated carbocycles. The Kier molecular flexibility index (Phi) is 40.4. The monoisotopic (exact) mass is 2100 g/mol. The van der Waals surface area contributed by atoms with Crippen molar-refractivity contribution >= 4 is 194 Å². The molecule has 0 aliphatic rings. The number of ether oxygens (including phenoxy) is 8. The zero-order valence-electron chi connectivity index (χ0n) is 82.1. The number of thioether (sulfide) groups is 4. The number of nitrogen functional groups attached to an aromatic ring is 1. The molecule has 0 saturated heterocycles. The number of nitrogens with zero attached hydrogens (tertiary/aromatic N) is 3. The summed E-state index contributed by atoms with van der Waals surface area (Å²) >= 11 is 5.71. The van der Waals surface area contributed by atoms with E-state index in [1.54, 1.807) is 97.1 Å². The number of benzene rings is 8. The van der Waals surface area contributed by atoms with Gasteiger partial charge in [-0.05, 0) is 181 Å². The molecule has 40 nitrogen and oxygen atoms in total. The Morgan fingerprint density at radius 1 is 0.248 bits per heavy atom. The molecule has 0 aliphatic carbocycles. The summed E-state index contributed by atoms with van der Waals surface area (Å²) in [4.78, 5) is 267. The summed E-state index contributed by atoms with van der Waals surface area (Å²) in [6.07, 6.45) is 2.34. The molecule has 0 bridgehead atoms. The molecule has 0 aliphatic heterocycles. The number of hydrogen-bond donors (Lipinski definition) is 11. The van der Waals surface area contributed by atoms with Gasteiger partial charge in [-0.3, -0.25) is 86.3 Å². The average molecular weight is 2100 g/mol. The summed E-state index contributed by atoms with van der Waals surface area (Å²) in [5.41, 5.74) is 1.27. The van der Waals surface area contributed by atoms with Gasteiger partial charge in [0.05, 0.1) is 45.0 Å². The fraction of sp³-hybridized carbons (Fsp3) is 0.229. The first-order chi connectivity index (χ1) is 71.2. The molecule has 3 heterocycles. The minimum Gasteiger partial charge on any atom is -0.464 e. The highest BCUT2D eigenvalue weighted by molar-refractivity contribution is 7.99. The fourth-order valence-corrected chi connectivity index (χ4v) is 16.4. The van der Waals surface area contributed by atoms with Crippen molar-refractivity contribution in [3.8, 4) is 0 Å². The van der Waals surface area contributed by atoms with Gasteiger partial charge in [0.15, 0.2) is 24.4 Å². The Morgan fingerprint density at radius 3 is 0.624 bits per heavy atom. The van der Waals surface area contributed by atoms with Crippen LogP contribution in [0, 0.1) is 0 Å². The van der Waals surface area contributed by atoms with Gasteiger partial charge in [-0.1, -0.05) is 97.1 Å². The third-order valence-electron chi connectivity index (χ3n) is 21.6. The van der Waals surface area contributed by atoms with Crippen LogP contribution in [0.15, 0.2) is 250 Å². The maximum Gasteiger partial charge on any atom is 0.303 e. The Labute approximate surface area is 870 Å². The van der Waals surface area contributed by atoms with Gasteiger partial charge in [0.2, 0.25) is 0 Å². The first kappa shape index (κ1) is 112. The number of nitrogens with two attached hydrogens (primary N) is 1. The van der Waals surface area contributed by atoms with E-state index in [0.29, 0.717) is 22.3 Å². The minimum absolute atomic E-state index is 0.206. The zero-order chi connectivity index (χ0) is 108. The second kappa shape index (κ2) is 53.6. The quantitative estimate of drug-likeness (QED) is 0.00959. The van der Waals surface area contributed by atoms with Crippen LogP contribution in [0.2, 0.25) is 0 Å². The third kappa shape index (κ3) is 32.4. The predicted molar refractivity (Wildman–Crippen MR) is 553 cm³/mol. The molecule has 772 valence electrons. The lowest BCUT2D eigenvalue weighted by atomic mass is 10.0. The lowest BCUT2D eigenvalue weighted by Crippen LogP contribution is -2.44. The average Bonchev–Trinajstić information content (AvgIpc) is 0.801. The molecule has 44 heteroatoms. The fourth-order valence-electron chi connectivity index (χ4n) is 14.8. The molecule has 0 unspecified atom stereocenters. The van der Waals surface area contributed by atoms with Crippen molar-refractivity contribution in [2.24, 2.45) is 0 Å². The van der Waals surface area contributed by atoms with Crippen LogP contribution in [0.4, 0.5) is 39.8 Å². The van der Waals surface area contributed by atoms with Crippen LogP contribution in [0.5, 0.6) is 0 Å². The number of aromatic nitrogens is 3. The van der Waals surface area contributed by atoms with Crippen molar-refractivity contribution in [3.63, 3.8) is 0 Å². The number of amides is 10. The van der Waals surface area contributed by atoms with Crippen LogP contribution in [0.1, 0.15) is 206 Å². The van der Waals surface area contributed by atoms with E-state index in [1.165, 1.54) is 144 Å². The second-order valence-corrected chi connectivity index (χ2v) is 36.1. The van der Waals surface area contributed by atoms with Crippen LogP contribution < -0.4 is 58.9 Å². The number of carbonyl (C=O) groups is 18. The zero-order valence-corrected chi connectivity index (χ0v) is 85.3. The largest absolute Gasteiger partial charge is 0.464 e. The molecule has 10 amide bonds. The number of carbonyl (C=O) groups excluding carboxylic acids is 18. The van der Waals surface area contributed by atoms with Gasteiger partial charge in [-0.15, -0.1) is 47.0 Å². The summed E-state index contributed by atoms with van der Waals surface area (Å²) in [7, 11) is 0. The summed E-state index contributed by atoms with van der Waals surface area (Å²) in [6.45, 7) is 6.98.